The number of thiophene rings is 1. The fourth-order valence-electron chi connectivity index (χ4n) is 4.58. The Morgan fingerprint density at radius 1 is 0.938 bits per heavy atom. The van der Waals surface area contributed by atoms with Crippen LogP contribution in [0.5, 0.6) is 0 Å². The Kier molecular flexibility index (Phi) is 6.61. The molecule has 0 saturated carbocycles. The molecule has 0 unspecified atom stereocenters. The lowest BCUT2D eigenvalue weighted by Gasteiger charge is -2.38. The molecule has 2 aromatic heterocycles. The quantitative estimate of drug-likeness (QED) is 0.573. The van der Waals surface area contributed by atoms with Crippen LogP contribution in [0.3, 0.4) is 0 Å². The minimum absolute atomic E-state index is 0.135. The van der Waals surface area contributed by atoms with E-state index in [1.807, 2.05) is 17.5 Å². The zero-order valence-corrected chi connectivity index (χ0v) is 19.0. The van der Waals surface area contributed by atoms with Gasteiger partial charge >= 0.3 is 0 Å². The van der Waals surface area contributed by atoms with Gasteiger partial charge in [-0.15, -0.1) is 11.3 Å². The van der Waals surface area contributed by atoms with Crippen molar-refractivity contribution in [2.24, 2.45) is 5.92 Å². The van der Waals surface area contributed by atoms with Gasteiger partial charge in [-0.1, -0.05) is 41.6 Å². The largest absolute Gasteiger partial charge is 0.340 e. The zero-order chi connectivity index (χ0) is 21.8. The Morgan fingerprint density at radius 2 is 1.69 bits per heavy atom. The highest BCUT2D eigenvalue weighted by atomic mass is 32.1. The molecule has 0 atom stereocenters. The minimum atomic E-state index is 0.135. The van der Waals surface area contributed by atoms with Crippen molar-refractivity contribution in [3.05, 3.63) is 59.3 Å². The monoisotopic (exact) mass is 451 g/mol. The van der Waals surface area contributed by atoms with E-state index >= 15 is 0 Å². The average molecular weight is 452 g/mol. The van der Waals surface area contributed by atoms with Crippen LogP contribution in [0.4, 0.5) is 0 Å². The Morgan fingerprint density at radius 3 is 2.41 bits per heavy atom. The summed E-state index contributed by atoms with van der Waals surface area (Å²) in [7, 11) is 0. The molecule has 0 aliphatic carbocycles. The van der Waals surface area contributed by atoms with E-state index in [0.717, 1.165) is 63.5 Å². The molecule has 2 aliphatic rings. The SMILES string of the molecule is O=C(C1CCN(Cc2nc(-c3cccs3)no2)CC1)N1CCN(Cc2ccccc2)CC1. The van der Waals surface area contributed by atoms with Crippen molar-refractivity contribution in [3.63, 3.8) is 0 Å². The summed E-state index contributed by atoms with van der Waals surface area (Å²) in [6.07, 6.45) is 1.80. The lowest BCUT2D eigenvalue weighted by Crippen LogP contribution is -2.51. The highest BCUT2D eigenvalue weighted by molar-refractivity contribution is 7.13. The number of carbonyl (C=O) groups excluding carboxylic acids is 1. The molecule has 1 amide bonds. The topological polar surface area (TPSA) is 65.7 Å². The minimum Gasteiger partial charge on any atom is -0.340 e. The first-order chi connectivity index (χ1) is 15.7. The van der Waals surface area contributed by atoms with Gasteiger partial charge in [-0.25, -0.2) is 0 Å². The summed E-state index contributed by atoms with van der Waals surface area (Å²) in [5.74, 6) is 1.78. The third-order valence-electron chi connectivity index (χ3n) is 6.44. The van der Waals surface area contributed by atoms with Crippen molar-refractivity contribution in [2.75, 3.05) is 39.3 Å². The van der Waals surface area contributed by atoms with Crippen molar-refractivity contribution >= 4 is 17.2 Å². The summed E-state index contributed by atoms with van der Waals surface area (Å²) < 4.78 is 5.44. The van der Waals surface area contributed by atoms with E-state index in [1.165, 1.54) is 5.56 Å². The van der Waals surface area contributed by atoms with E-state index in [9.17, 15) is 4.79 Å². The molecule has 0 N–H and O–H groups in total. The molecule has 2 saturated heterocycles. The second-order valence-corrected chi connectivity index (χ2v) is 9.57. The van der Waals surface area contributed by atoms with Crippen LogP contribution in [-0.4, -0.2) is 70.0 Å². The lowest BCUT2D eigenvalue weighted by atomic mass is 9.95. The van der Waals surface area contributed by atoms with E-state index in [0.29, 0.717) is 24.2 Å². The predicted octanol–water partition coefficient (Wildman–Crippen LogP) is 3.35. The molecule has 7 nitrogen and oxygen atoms in total. The number of piperazine rings is 1. The van der Waals surface area contributed by atoms with Gasteiger partial charge in [0.25, 0.3) is 0 Å². The fourth-order valence-corrected chi connectivity index (χ4v) is 5.23. The first-order valence-corrected chi connectivity index (χ1v) is 12.3. The lowest BCUT2D eigenvalue weighted by molar-refractivity contribution is -0.139. The standard InChI is InChI=1S/C24H29N5O2S/c30-24(29-14-12-28(13-15-29)17-19-5-2-1-3-6-19)20-8-10-27(11-9-20)18-22-25-23(26-31-22)21-7-4-16-32-21/h1-7,16,20H,8-15,17-18H2. The number of carbonyl (C=O) groups is 1. The van der Waals surface area contributed by atoms with Crippen LogP contribution < -0.4 is 0 Å². The van der Waals surface area contributed by atoms with Crippen LogP contribution in [0.2, 0.25) is 0 Å². The van der Waals surface area contributed by atoms with Crippen LogP contribution in [0.15, 0.2) is 52.4 Å². The molecular weight excluding hydrogens is 422 g/mol. The fraction of sp³-hybridized carbons (Fsp3) is 0.458. The molecule has 5 rings (SSSR count). The molecule has 2 aliphatic heterocycles. The summed E-state index contributed by atoms with van der Waals surface area (Å²) in [5.41, 5.74) is 1.34. The number of hydrogen-bond donors (Lipinski definition) is 0. The summed E-state index contributed by atoms with van der Waals surface area (Å²) in [6.45, 7) is 6.95. The first kappa shape index (κ1) is 21.3. The maximum atomic E-state index is 13.1. The Hall–Kier alpha value is -2.55. The molecule has 0 spiro atoms. The van der Waals surface area contributed by atoms with Gasteiger partial charge in [0, 0.05) is 38.6 Å². The number of benzene rings is 1. The molecule has 32 heavy (non-hydrogen) atoms. The predicted molar refractivity (Wildman–Crippen MR) is 124 cm³/mol. The number of nitrogens with zero attached hydrogens (tertiary/aromatic N) is 5. The van der Waals surface area contributed by atoms with Crippen LogP contribution in [0, 0.1) is 5.92 Å². The number of piperidine rings is 1. The van der Waals surface area contributed by atoms with E-state index in [4.69, 9.17) is 4.52 Å². The number of likely N-dealkylation sites (tertiary alicyclic amines) is 1. The summed E-state index contributed by atoms with van der Waals surface area (Å²) in [6, 6.07) is 14.5. The Labute approximate surface area is 192 Å². The molecule has 2 fully saturated rings. The maximum absolute atomic E-state index is 13.1. The summed E-state index contributed by atoms with van der Waals surface area (Å²) >= 11 is 1.61. The van der Waals surface area contributed by atoms with Gasteiger partial charge in [-0.05, 0) is 42.9 Å². The van der Waals surface area contributed by atoms with Gasteiger partial charge < -0.3 is 9.42 Å². The highest BCUT2D eigenvalue weighted by Gasteiger charge is 2.31. The molecule has 3 aromatic rings. The molecule has 0 radical (unpaired) electrons. The van der Waals surface area contributed by atoms with Crippen molar-refractivity contribution in [3.8, 4) is 10.7 Å². The van der Waals surface area contributed by atoms with Crippen LogP contribution in [-0.2, 0) is 17.9 Å². The van der Waals surface area contributed by atoms with Crippen LogP contribution >= 0.6 is 11.3 Å². The van der Waals surface area contributed by atoms with E-state index in [1.54, 1.807) is 11.3 Å². The van der Waals surface area contributed by atoms with Gasteiger partial charge in [0.2, 0.25) is 17.6 Å². The number of rotatable bonds is 6. The van der Waals surface area contributed by atoms with Gasteiger partial charge in [0.15, 0.2) is 0 Å². The number of aromatic nitrogens is 2. The molecule has 8 heteroatoms. The second kappa shape index (κ2) is 9.94. The smallest absolute Gasteiger partial charge is 0.241 e. The van der Waals surface area contributed by atoms with Crippen molar-refractivity contribution < 1.29 is 9.32 Å². The first-order valence-electron chi connectivity index (χ1n) is 11.4. The van der Waals surface area contributed by atoms with Gasteiger partial charge in [-0.2, -0.15) is 4.98 Å². The number of hydrogen-bond acceptors (Lipinski definition) is 7. The normalized spacial score (nSPS) is 18.8. The molecule has 168 valence electrons. The Bertz CT molecular complexity index is 991. The maximum Gasteiger partial charge on any atom is 0.241 e. The molecule has 4 heterocycles. The van der Waals surface area contributed by atoms with Crippen LogP contribution in [0.25, 0.3) is 10.7 Å². The van der Waals surface area contributed by atoms with Crippen molar-refractivity contribution in [1.82, 2.24) is 24.8 Å². The van der Waals surface area contributed by atoms with E-state index in [-0.39, 0.29) is 5.92 Å². The third-order valence-corrected chi connectivity index (χ3v) is 7.30. The highest BCUT2D eigenvalue weighted by Crippen LogP contribution is 2.24. The summed E-state index contributed by atoms with van der Waals surface area (Å²) in [4.78, 5) is 25.4. The Balaban J connectivity index is 1.06. The van der Waals surface area contributed by atoms with Gasteiger partial charge in [-0.3, -0.25) is 14.6 Å². The molecule has 0 bridgehead atoms. The van der Waals surface area contributed by atoms with Crippen LogP contribution in [0.1, 0.15) is 24.3 Å². The van der Waals surface area contributed by atoms with E-state index in [2.05, 4.69) is 55.2 Å². The van der Waals surface area contributed by atoms with Crippen molar-refractivity contribution in [1.29, 1.82) is 0 Å². The number of amides is 1. The van der Waals surface area contributed by atoms with Gasteiger partial charge in [0.1, 0.15) is 0 Å². The van der Waals surface area contributed by atoms with Crippen molar-refractivity contribution in [2.45, 2.75) is 25.9 Å². The molecule has 1 aromatic carbocycles. The second-order valence-electron chi connectivity index (χ2n) is 8.63. The zero-order valence-electron chi connectivity index (χ0n) is 18.2. The van der Waals surface area contributed by atoms with E-state index < -0.39 is 0 Å². The average Bonchev–Trinajstić information content (AvgIpc) is 3.53. The third kappa shape index (κ3) is 5.09. The summed E-state index contributed by atoms with van der Waals surface area (Å²) in [5, 5.41) is 6.10. The van der Waals surface area contributed by atoms with Gasteiger partial charge in [0.05, 0.1) is 11.4 Å². The molecular formula is C24H29N5O2S.